The standard InChI is InChI=1S/C21H28N2O/c1-14-8-10-16(11-9-14)22-23-18-13-15(20(2,3)4)12-17(19(18)24)21(5,6)7/h8-13,24H,1-7H3. The first-order chi connectivity index (χ1) is 11.0. The number of hydrogen-bond acceptors (Lipinski definition) is 3. The minimum absolute atomic E-state index is 0.0260. The molecule has 0 fully saturated rings. The van der Waals surface area contributed by atoms with E-state index in [1.165, 1.54) is 5.56 Å². The van der Waals surface area contributed by atoms with Crippen molar-refractivity contribution in [3.63, 3.8) is 0 Å². The van der Waals surface area contributed by atoms with Gasteiger partial charge >= 0.3 is 0 Å². The van der Waals surface area contributed by atoms with Gasteiger partial charge in [-0.15, -0.1) is 5.11 Å². The normalized spacial score (nSPS) is 12.8. The number of phenols is 1. The molecule has 0 aliphatic rings. The molecule has 0 saturated carbocycles. The second-order valence-corrected chi connectivity index (χ2v) is 8.43. The van der Waals surface area contributed by atoms with E-state index < -0.39 is 0 Å². The molecule has 0 aliphatic carbocycles. The molecule has 0 saturated heterocycles. The second-order valence-electron chi connectivity index (χ2n) is 8.43. The molecule has 2 aromatic rings. The van der Waals surface area contributed by atoms with Crippen molar-refractivity contribution in [2.45, 2.75) is 59.3 Å². The molecule has 0 radical (unpaired) electrons. The van der Waals surface area contributed by atoms with Crippen LogP contribution in [0.25, 0.3) is 0 Å². The molecule has 0 aromatic heterocycles. The van der Waals surface area contributed by atoms with Crippen molar-refractivity contribution in [3.05, 3.63) is 53.1 Å². The molecular formula is C21H28N2O. The quantitative estimate of drug-likeness (QED) is 0.613. The summed E-state index contributed by atoms with van der Waals surface area (Å²) >= 11 is 0. The predicted molar refractivity (Wildman–Crippen MR) is 101 cm³/mol. The van der Waals surface area contributed by atoms with E-state index in [-0.39, 0.29) is 16.6 Å². The largest absolute Gasteiger partial charge is 0.505 e. The number of rotatable bonds is 2. The van der Waals surface area contributed by atoms with Crippen molar-refractivity contribution in [2.75, 3.05) is 0 Å². The van der Waals surface area contributed by atoms with E-state index in [1.54, 1.807) is 0 Å². The molecule has 3 heteroatoms. The van der Waals surface area contributed by atoms with E-state index in [4.69, 9.17) is 0 Å². The van der Waals surface area contributed by atoms with Crippen LogP contribution < -0.4 is 0 Å². The fraction of sp³-hybridized carbons (Fsp3) is 0.429. The zero-order valence-electron chi connectivity index (χ0n) is 15.8. The van der Waals surface area contributed by atoms with Gasteiger partial charge in [0, 0.05) is 5.56 Å². The molecule has 0 spiro atoms. The van der Waals surface area contributed by atoms with Crippen LogP contribution >= 0.6 is 0 Å². The lowest BCUT2D eigenvalue weighted by atomic mass is 9.80. The Hall–Kier alpha value is -2.16. The minimum Gasteiger partial charge on any atom is -0.505 e. The Balaban J connectivity index is 2.54. The predicted octanol–water partition coefficient (Wildman–Crippen LogP) is 6.71. The molecule has 0 aliphatic heterocycles. The van der Waals surface area contributed by atoms with E-state index in [1.807, 2.05) is 37.3 Å². The molecule has 2 rings (SSSR count). The molecular weight excluding hydrogens is 296 g/mol. The van der Waals surface area contributed by atoms with Crippen molar-refractivity contribution >= 4 is 11.4 Å². The Bertz CT molecular complexity index is 745. The van der Waals surface area contributed by atoms with E-state index in [9.17, 15) is 5.11 Å². The summed E-state index contributed by atoms with van der Waals surface area (Å²) in [6.45, 7) is 14.8. The smallest absolute Gasteiger partial charge is 0.146 e. The van der Waals surface area contributed by atoms with Gasteiger partial charge in [0.1, 0.15) is 11.4 Å². The highest BCUT2D eigenvalue weighted by molar-refractivity contribution is 5.60. The lowest BCUT2D eigenvalue weighted by molar-refractivity contribution is 0.446. The number of phenolic OH excluding ortho intramolecular Hbond substituents is 1. The first-order valence-corrected chi connectivity index (χ1v) is 8.35. The van der Waals surface area contributed by atoms with Crippen LogP contribution in [-0.4, -0.2) is 5.11 Å². The van der Waals surface area contributed by atoms with Gasteiger partial charge < -0.3 is 5.11 Å². The summed E-state index contributed by atoms with van der Waals surface area (Å²) in [5, 5.41) is 19.3. The zero-order valence-corrected chi connectivity index (χ0v) is 15.8. The summed E-state index contributed by atoms with van der Waals surface area (Å²) in [7, 11) is 0. The van der Waals surface area contributed by atoms with Gasteiger partial charge in [-0.05, 0) is 41.5 Å². The van der Waals surface area contributed by atoms with Crippen LogP contribution in [0.3, 0.4) is 0 Å². The van der Waals surface area contributed by atoms with Crippen molar-refractivity contribution < 1.29 is 5.11 Å². The number of hydrogen-bond donors (Lipinski definition) is 1. The summed E-state index contributed by atoms with van der Waals surface area (Å²) in [5.74, 6) is 0.214. The molecule has 0 bridgehead atoms. The first kappa shape index (κ1) is 18.2. The second kappa shape index (κ2) is 6.39. The third kappa shape index (κ3) is 4.22. The molecule has 2 aromatic carbocycles. The summed E-state index contributed by atoms with van der Waals surface area (Å²) in [4.78, 5) is 0. The lowest BCUT2D eigenvalue weighted by Crippen LogP contribution is -2.16. The van der Waals surface area contributed by atoms with Crippen LogP contribution in [0, 0.1) is 6.92 Å². The lowest BCUT2D eigenvalue weighted by Gasteiger charge is -2.26. The Morgan fingerprint density at radius 3 is 1.88 bits per heavy atom. The van der Waals surface area contributed by atoms with Crippen LogP contribution in [-0.2, 0) is 10.8 Å². The maximum atomic E-state index is 10.7. The van der Waals surface area contributed by atoms with Gasteiger partial charge in [0.05, 0.1) is 5.69 Å². The van der Waals surface area contributed by atoms with Gasteiger partial charge in [0.25, 0.3) is 0 Å². The highest BCUT2D eigenvalue weighted by Gasteiger charge is 2.25. The number of benzene rings is 2. The third-order valence-electron chi connectivity index (χ3n) is 4.07. The number of aromatic hydroxyl groups is 1. The van der Waals surface area contributed by atoms with Gasteiger partial charge in [-0.25, -0.2) is 0 Å². The van der Waals surface area contributed by atoms with Crippen LogP contribution in [0.4, 0.5) is 11.4 Å². The molecule has 0 amide bonds. The Kier molecular flexibility index (Phi) is 4.84. The van der Waals surface area contributed by atoms with Crippen molar-refractivity contribution in [1.29, 1.82) is 0 Å². The fourth-order valence-corrected chi connectivity index (χ4v) is 2.42. The summed E-state index contributed by atoms with van der Waals surface area (Å²) in [5.41, 5.74) is 4.32. The number of nitrogens with zero attached hydrogens (tertiary/aromatic N) is 2. The molecule has 128 valence electrons. The molecule has 0 unspecified atom stereocenters. The summed E-state index contributed by atoms with van der Waals surface area (Å²) in [6.07, 6.45) is 0. The summed E-state index contributed by atoms with van der Waals surface area (Å²) in [6, 6.07) is 11.9. The van der Waals surface area contributed by atoms with Crippen LogP contribution in [0.5, 0.6) is 5.75 Å². The van der Waals surface area contributed by atoms with Gasteiger partial charge in [-0.3, -0.25) is 0 Å². The fourth-order valence-electron chi connectivity index (χ4n) is 2.42. The van der Waals surface area contributed by atoms with Gasteiger partial charge in [0.15, 0.2) is 0 Å². The average Bonchev–Trinajstić information content (AvgIpc) is 2.45. The topological polar surface area (TPSA) is 45.0 Å². The molecule has 1 N–H and O–H groups in total. The van der Waals surface area contributed by atoms with E-state index in [2.05, 4.69) is 57.8 Å². The third-order valence-corrected chi connectivity index (χ3v) is 4.07. The number of aryl methyl sites for hydroxylation is 1. The molecule has 0 heterocycles. The van der Waals surface area contributed by atoms with Gasteiger partial charge in [-0.1, -0.05) is 65.3 Å². The Morgan fingerprint density at radius 1 is 0.792 bits per heavy atom. The first-order valence-electron chi connectivity index (χ1n) is 8.35. The SMILES string of the molecule is Cc1ccc(N=Nc2cc(C(C)(C)C)cc(C(C)(C)C)c2O)cc1. The van der Waals surface area contributed by atoms with E-state index >= 15 is 0 Å². The Morgan fingerprint density at radius 2 is 1.38 bits per heavy atom. The highest BCUT2D eigenvalue weighted by atomic mass is 16.3. The van der Waals surface area contributed by atoms with Crippen LogP contribution in [0.2, 0.25) is 0 Å². The average molecular weight is 324 g/mol. The maximum Gasteiger partial charge on any atom is 0.146 e. The van der Waals surface area contributed by atoms with E-state index in [0.717, 1.165) is 16.8 Å². The number of azo groups is 1. The van der Waals surface area contributed by atoms with Gasteiger partial charge in [0.2, 0.25) is 0 Å². The minimum atomic E-state index is -0.167. The van der Waals surface area contributed by atoms with Gasteiger partial charge in [-0.2, -0.15) is 5.11 Å². The zero-order chi connectivity index (χ0) is 18.1. The van der Waals surface area contributed by atoms with Crippen molar-refractivity contribution in [1.82, 2.24) is 0 Å². The van der Waals surface area contributed by atoms with E-state index in [0.29, 0.717) is 5.69 Å². The maximum absolute atomic E-state index is 10.7. The van der Waals surface area contributed by atoms with Crippen LogP contribution in [0.15, 0.2) is 46.6 Å². The molecule has 0 atom stereocenters. The monoisotopic (exact) mass is 324 g/mol. The molecule has 24 heavy (non-hydrogen) atoms. The van der Waals surface area contributed by atoms with Crippen molar-refractivity contribution in [2.24, 2.45) is 10.2 Å². The van der Waals surface area contributed by atoms with Crippen molar-refractivity contribution in [3.8, 4) is 5.75 Å². The Labute approximate surface area is 145 Å². The van der Waals surface area contributed by atoms with Crippen LogP contribution in [0.1, 0.15) is 58.2 Å². The molecule has 3 nitrogen and oxygen atoms in total. The summed E-state index contributed by atoms with van der Waals surface area (Å²) < 4.78 is 0. The highest BCUT2D eigenvalue weighted by Crippen LogP contribution is 2.42.